The van der Waals surface area contributed by atoms with Gasteiger partial charge in [0.15, 0.2) is 0 Å². The number of nitrogens with one attached hydrogen (secondary N) is 1. The molecule has 0 unspecified atom stereocenters. The first kappa shape index (κ1) is 10.2. The first-order chi connectivity index (χ1) is 7.18. The number of fused-ring (bicyclic) bond motifs is 1. The van der Waals surface area contributed by atoms with Crippen LogP contribution in [0.4, 0.5) is 0 Å². The molecular weight excluding hydrogens is 184 g/mol. The van der Waals surface area contributed by atoms with Crippen molar-refractivity contribution in [1.29, 1.82) is 0 Å². The molecule has 0 fully saturated rings. The summed E-state index contributed by atoms with van der Waals surface area (Å²) in [6.45, 7) is 3.29. The molecular formula is C13H18N2. The Labute approximate surface area is 90.9 Å². The summed E-state index contributed by atoms with van der Waals surface area (Å²) >= 11 is 0. The predicted octanol–water partition coefficient (Wildman–Crippen LogP) is 2.58. The minimum atomic E-state index is 1.09. The van der Waals surface area contributed by atoms with Crippen LogP contribution in [-0.2, 0) is 6.42 Å². The molecule has 0 saturated heterocycles. The molecule has 15 heavy (non-hydrogen) atoms. The van der Waals surface area contributed by atoms with E-state index in [0.29, 0.717) is 0 Å². The zero-order valence-electron chi connectivity index (χ0n) is 9.67. The van der Waals surface area contributed by atoms with Crippen LogP contribution in [0.2, 0.25) is 0 Å². The topological polar surface area (TPSA) is 19.0 Å². The molecule has 1 aromatic carbocycles. The van der Waals surface area contributed by atoms with E-state index in [4.69, 9.17) is 0 Å². The second kappa shape index (κ2) is 4.07. The third-order valence-corrected chi connectivity index (χ3v) is 2.88. The third-order valence-electron chi connectivity index (χ3n) is 2.88. The maximum absolute atomic E-state index is 3.49. The zero-order valence-corrected chi connectivity index (χ0v) is 9.67. The molecule has 2 nitrogen and oxygen atoms in total. The molecule has 0 atom stereocenters. The highest BCUT2D eigenvalue weighted by Crippen LogP contribution is 2.21. The fourth-order valence-electron chi connectivity index (χ4n) is 1.92. The highest BCUT2D eigenvalue weighted by molar-refractivity contribution is 5.84. The van der Waals surface area contributed by atoms with E-state index in [-0.39, 0.29) is 0 Å². The highest BCUT2D eigenvalue weighted by Gasteiger charge is 2.06. The van der Waals surface area contributed by atoms with Gasteiger partial charge < -0.3 is 9.88 Å². The van der Waals surface area contributed by atoms with Crippen molar-refractivity contribution in [3.05, 3.63) is 35.5 Å². The van der Waals surface area contributed by atoms with Gasteiger partial charge in [-0.15, -0.1) is 0 Å². The van der Waals surface area contributed by atoms with Gasteiger partial charge in [0.25, 0.3) is 0 Å². The van der Waals surface area contributed by atoms with Gasteiger partial charge in [-0.1, -0.05) is 18.2 Å². The van der Waals surface area contributed by atoms with Gasteiger partial charge in [-0.2, -0.15) is 0 Å². The van der Waals surface area contributed by atoms with Crippen LogP contribution in [0.15, 0.2) is 24.3 Å². The molecule has 80 valence electrons. The highest BCUT2D eigenvalue weighted by atomic mass is 15.0. The molecule has 0 spiro atoms. The minimum Gasteiger partial charge on any atom is -0.358 e. The van der Waals surface area contributed by atoms with Gasteiger partial charge in [-0.05, 0) is 32.6 Å². The van der Waals surface area contributed by atoms with Gasteiger partial charge in [0.1, 0.15) is 0 Å². The molecule has 1 heterocycles. The number of benzene rings is 1. The predicted molar refractivity (Wildman–Crippen MR) is 65.3 cm³/mol. The standard InChI is InChI=1S/C13H18N2/c1-10-11-6-4-5-7-13(11)14-12(10)8-9-15(2)3/h4-7,14H,8-9H2,1-3H3. The summed E-state index contributed by atoms with van der Waals surface area (Å²) in [5, 5.41) is 1.35. The van der Waals surface area contributed by atoms with Crippen LogP contribution in [0, 0.1) is 6.92 Å². The Balaban J connectivity index is 2.32. The van der Waals surface area contributed by atoms with Crippen LogP contribution < -0.4 is 0 Å². The van der Waals surface area contributed by atoms with E-state index >= 15 is 0 Å². The lowest BCUT2D eigenvalue weighted by Crippen LogP contribution is -2.15. The Morgan fingerprint density at radius 2 is 1.93 bits per heavy atom. The second-order valence-electron chi connectivity index (χ2n) is 4.33. The van der Waals surface area contributed by atoms with Crippen LogP contribution in [-0.4, -0.2) is 30.5 Å². The number of para-hydroxylation sites is 1. The summed E-state index contributed by atoms with van der Waals surface area (Å²) in [7, 11) is 4.22. The van der Waals surface area contributed by atoms with Crippen LogP contribution in [0.1, 0.15) is 11.3 Å². The van der Waals surface area contributed by atoms with Crippen LogP contribution in [0.3, 0.4) is 0 Å². The molecule has 0 aliphatic carbocycles. The maximum Gasteiger partial charge on any atom is 0.0458 e. The fourth-order valence-corrected chi connectivity index (χ4v) is 1.92. The monoisotopic (exact) mass is 202 g/mol. The number of aryl methyl sites for hydroxylation is 1. The van der Waals surface area contributed by atoms with Gasteiger partial charge in [-0.25, -0.2) is 0 Å². The van der Waals surface area contributed by atoms with Gasteiger partial charge in [-0.3, -0.25) is 0 Å². The molecule has 1 aromatic heterocycles. The smallest absolute Gasteiger partial charge is 0.0458 e. The summed E-state index contributed by atoms with van der Waals surface area (Å²) in [5.41, 5.74) is 4.01. The average Bonchev–Trinajstić information content (AvgIpc) is 2.54. The van der Waals surface area contributed by atoms with Crippen molar-refractivity contribution in [3.8, 4) is 0 Å². The van der Waals surface area contributed by atoms with E-state index in [1.807, 2.05) is 0 Å². The van der Waals surface area contributed by atoms with Crippen LogP contribution in [0.5, 0.6) is 0 Å². The van der Waals surface area contributed by atoms with Crippen molar-refractivity contribution in [3.63, 3.8) is 0 Å². The van der Waals surface area contributed by atoms with Crippen LogP contribution >= 0.6 is 0 Å². The summed E-state index contributed by atoms with van der Waals surface area (Å²) in [6.07, 6.45) is 1.09. The normalized spacial score (nSPS) is 11.5. The van der Waals surface area contributed by atoms with E-state index in [2.05, 4.69) is 55.2 Å². The molecule has 0 amide bonds. The van der Waals surface area contributed by atoms with Crippen molar-refractivity contribution in [2.24, 2.45) is 0 Å². The summed E-state index contributed by atoms with van der Waals surface area (Å²) in [6, 6.07) is 8.49. The number of nitrogens with zero attached hydrogens (tertiary/aromatic N) is 1. The quantitative estimate of drug-likeness (QED) is 0.810. The third kappa shape index (κ3) is 2.05. The Bertz CT molecular complexity index is 455. The van der Waals surface area contributed by atoms with Gasteiger partial charge in [0.2, 0.25) is 0 Å². The van der Waals surface area contributed by atoms with Gasteiger partial charge >= 0.3 is 0 Å². The average molecular weight is 202 g/mol. The SMILES string of the molecule is Cc1c(CCN(C)C)[nH]c2ccccc12. The molecule has 2 heteroatoms. The molecule has 0 bridgehead atoms. The summed E-state index contributed by atoms with van der Waals surface area (Å²) in [5.74, 6) is 0. The van der Waals surface area contributed by atoms with E-state index in [1.54, 1.807) is 0 Å². The van der Waals surface area contributed by atoms with E-state index in [9.17, 15) is 0 Å². The lowest BCUT2D eigenvalue weighted by atomic mass is 10.1. The fraction of sp³-hybridized carbons (Fsp3) is 0.385. The Morgan fingerprint density at radius 3 is 2.60 bits per heavy atom. The van der Waals surface area contributed by atoms with Crippen molar-refractivity contribution in [2.75, 3.05) is 20.6 Å². The molecule has 2 rings (SSSR count). The number of rotatable bonds is 3. The molecule has 2 aromatic rings. The van der Waals surface area contributed by atoms with Crippen molar-refractivity contribution in [2.45, 2.75) is 13.3 Å². The van der Waals surface area contributed by atoms with Crippen molar-refractivity contribution >= 4 is 10.9 Å². The molecule has 1 N–H and O–H groups in total. The van der Waals surface area contributed by atoms with E-state index < -0.39 is 0 Å². The second-order valence-corrected chi connectivity index (χ2v) is 4.33. The Hall–Kier alpha value is -1.28. The molecule has 0 aliphatic heterocycles. The van der Waals surface area contributed by atoms with Crippen molar-refractivity contribution in [1.82, 2.24) is 9.88 Å². The summed E-state index contributed by atoms with van der Waals surface area (Å²) < 4.78 is 0. The first-order valence-electron chi connectivity index (χ1n) is 5.39. The lowest BCUT2D eigenvalue weighted by molar-refractivity contribution is 0.412. The number of H-pyrrole nitrogens is 1. The molecule has 0 radical (unpaired) electrons. The molecule has 0 saturated carbocycles. The lowest BCUT2D eigenvalue weighted by Gasteiger charge is -2.08. The number of likely N-dealkylation sites (N-methyl/N-ethyl adjacent to an activating group) is 1. The Kier molecular flexibility index (Phi) is 2.78. The summed E-state index contributed by atoms with van der Waals surface area (Å²) in [4.78, 5) is 5.71. The van der Waals surface area contributed by atoms with E-state index in [0.717, 1.165) is 13.0 Å². The van der Waals surface area contributed by atoms with Gasteiger partial charge in [0, 0.05) is 29.6 Å². The van der Waals surface area contributed by atoms with Gasteiger partial charge in [0.05, 0.1) is 0 Å². The van der Waals surface area contributed by atoms with E-state index in [1.165, 1.54) is 22.2 Å². The molecule has 0 aliphatic rings. The minimum absolute atomic E-state index is 1.09. The maximum atomic E-state index is 3.49. The largest absolute Gasteiger partial charge is 0.358 e. The zero-order chi connectivity index (χ0) is 10.8. The number of hydrogen-bond donors (Lipinski definition) is 1. The van der Waals surface area contributed by atoms with Crippen molar-refractivity contribution < 1.29 is 0 Å². The number of hydrogen-bond acceptors (Lipinski definition) is 1. The number of aromatic nitrogens is 1. The Morgan fingerprint density at radius 1 is 1.20 bits per heavy atom. The first-order valence-corrected chi connectivity index (χ1v) is 5.39. The number of aromatic amines is 1. The van der Waals surface area contributed by atoms with Crippen LogP contribution in [0.25, 0.3) is 10.9 Å².